The van der Waals surface area contributed by atoms with E-state index < -0.39 is 21.9 Å². The van der Waals surface area contributed by atoms with Gasteiger partial charge in [0.25, 0.3) is 0 Å². The van der Waals surface area contributed by atoms with Crippen molar-refractivity contribution in [3.8, 4) is 0 Å². The highest BCUT2D eigenvalue weighted by molar-refractivity contribution is 7.88. The summed E-state index contributed by atoms with van der Waals surface area (Å²) >= 11 is 1.20. The van der Waals surface area contributed by atoms with Gasteiger partial charge in [0.2, 0.25) is 15.9 Å². The Morgan fingerprint density at radius 3 is 2.80 bits per heavy atom. The van der Waals surface area contributed by atoms with E-state index in [4.69, 9.17) is 0 Å². The number of halogens is 1. The molecule has 3 heterocycles. The van der Waals surface area contributed by atoms with E-state index in [1.165, 1.54) is 26.6 Å². The number of thiazole rings is 1. The molecule has 4 rings (SSSR count). The molecule has 0 spiro atoms. The summed E-state index contributed by atoms with van der Waals surface area (Å²) in [6, 6.07) is 9.21. The van der Waals surface area contributed by atoms with Crippen LogP contribution in [-0.4, -0.2) is 47.4 Å². The lowest BCUT2D eigenvalue weighted by Gasteiger charge is -2.35. The van der Waals surface area contributed by atoms with Crippen molar-refractivity contribution in [2.45, 2.75) is 31.8 Å². The number of carbonyl (C=O) groups excluding carboxylic acids is 1. The lowest BCUT2D eigenvalue weighted by molar-refractivity contribution is -0.123. The van der Waals surface area contributed by atoms with E-state index in [2.05, 4.69) is 9.97 Å². The molecule has 1 aromatic carbocycles. The maximum Gasteiger partial charge on any atom is 0.247 e. The molecule has 1 saturated heterocycles. The highest BCUT2D eigenvalue weighted by Crippen LogP contribution is 2.33. The minimum absolute atomic E-state index is 0.120. The van der Waals surface area contributed by atoms with Crippen LogP contribution in [0.4, 0.5) is 9.52 Å². The summed E-state index contributed by atoms with van der Waals surface area (Å²) < 4.78 is 40.7. The number of pyridine rings is 1. The molecule has 1 aliphatic rings. The first-order chi connectivity index (χ1) is 14.3. The second-order valence-electron chi connectivity index (χ2n) is 7.21. The third-order valence-electron chi connectivity index (χ3n) is 5.07. The largest absolute Gasteiger partial charge is 0.281 e. The van der Waals surface area contributed by atoms with Crippen molar-refractivity contribution in [3.05, 3.63) is 54.1 Å². The molecule has 2 aromatic heterocycles. The van der Waals surface area contributed by atoms with Crippen LogP contribution in [0.1, 0.15) is 25.0 Å². The van der Waals surface area contributed by atoms with Crippen LogP contribution in [0.3, 0.4) is 0 Å². The first-order valence-electron chi connectivity index (χ1n) is 9.58. The molecule has 1 aliphatic heterocycles. The third kappa shape index (κ3) is 4.21. The highest BCUT2D eigenvalue weighted by atomic mass is 32.2. The van der Waals surface area contributed by atoms with Gasteiger partial charge in [0, 0.05) is 12.7 Å². The molecule has 10 heteroatoms. The SMILES string of the molecule is CS(=O)(=O)N1CCCC[C@H]1C(=O)N(Cc1ccccn1)c1nc2c(F)cccc2s1. The van der Waals surface area contributed by atoms with Gasteiger partial charge < -0.3 is 0 Å². The zero-order chi connectivity index (χ0) is 21.3. The Balaban J connectivity index is 1.76. The Morgan fingerprint density at radius 1 is 1.27 bits per heavy atom. The molecule has 0 radical (unpaired) electrons. The monoisotopic (exact) mass is 448 g/mol. The van der Waals surface area contributed by atoms with Crippen molar-refractivity contribution in [2.24, 2.45) is 0 Å². The zero-order valence-corrected chi connectivity index (χ0v) is 18.0. The van der Waals surface area contributed by atoms with Gasteiger partial charge in [0.05, 0.1) is 23.2 Å². The number of nitrogens with zero attached hydrogens (tertiary/aromatic N) is 4. The van der Waals surface area contributed by atoms with E-state index in [-0.39, 0.29) is 18.0 Å². The molecule has 0 bridgehead atoms. The fourth-order valence-electron chi connectivity index (χ4n) is 3.64. The van der Waals surface area contributed by atoms with Gasteiger partial charge in [-0.1, -0.05) is 29.9 Å². The minimum Gasteiger partial charge on any atom is -0.281 e. The van der Waals surface area contributed by atoms with E-state index in [1.54, 1.807) is 30.5 Å². The van der Waals surface area contributed by atoms with Gasteiger partial charge in [-0.05, 0) is 37.1 Å². The van der Waals surface area contributed by atoms with Crippen LogP contribution in [0.2, 0.25) is 0 Å². The smallest absolute Gasteiger partial charge is 0.247 e. The zero-order valence-electron chi connectivity index (χ0n) is 16.4. The van der Waals surface area contributed by atoms with Crippen molar-refractivity contribution in [1.29, 1.82) is 0 Å². The summed E-state index contributed by atoms with van der Waals surface area (Å²) in [5, 5.41) is 0.324. The lowest BCUT2D eigenvalue weighted by Crippen LogP contribution is -2.52. The number of hydrogen-bond acceptors (Lipinski definition) is 6. The van der Waals surface area contributed by atoms with Crippen LogP contribution in [0.5, 0.6) is 0 Å². The van der Waals surface area contributed by atoms with Crippen molar-refractivity contribution in [1.82, 2.24) is 14.3 Å². The minimum atomic E-state index is -3.55. The van der Waals surface area contributed by atoms with Crippen LogP contribution in [0.15, 0.2) is 42.6 Å². The summed E-state index contributed by atoms with van der Waals surface area (Å²) in [7, 11) is -3.55. The van der Waals surface area contributed by atoms with Crippen molar-refractivity contribution >= 4 is 42.6 Å². The standard InChI is InChI=1S/C20H21FN4O3S2/c1-30(27,28)25-12-5-3-9-16(25)19(26)24(13-14-7-2-4-11-22-14)20-23-18-15(21)8-6-10-17(18)29-20/h2,4,6-8,10-11,16H,3,5,9,12-13H2,1H3/t16-/m0/s1. The van der Waals surface area contributed by atoms with E-state index in [1.807, 2.05) is 6.07 Å². The number of carbonyl (C=O) groups is 1. The Labute approximate surface area is 178 Å². The molecule has 0 aliphatic carbocycles. The van der Waals surface area contributed by atoms with Crippen LogP contribution in [0.25, 0.3) is 10.2 Å². The fraction of sp³-hybridized carbons (Fsp3) is 0.350. The van der Waals surface area contributed by atoms with Gasteiger partial charge in [-0.3, -0.25) is 14.7 Å². The van der Waals surface area contributed by atoms with E-state index >= 15 is 0 Å². The average Bonchev–Trinajstić information content (AvgIpc) is 3.17. The number of hydrogen-bond donors (Lipinski definition) is 0. The number of amides is 1. The molecule has 158 valence electrons. The summed E-state index contributed by atoms with van der Waals surface area (Å²) in [6.07, 6.45) is 4.65. The van der Waals surface area contributed by atoms with Gasteiger partial charge in [-0.25, -0.2) is 17.8 Å². The molecule has 1 amide bonds. The molecule has 1 atom stereocenters. The van der Waals surface area contributed by atoms with Crippen molar-refractivity contribution in [2.75, 3.05) is 17.7 Å². The van der Waals surface area contributed by atoms with E-state index in [0.29, 0.717) is 34.9 Å². The molecule has 30 heavy (non-hydrogen) atoms. The normalized spacial score (nSPS) is 17.9. The van der Waals surface area contributed by atoms with Gasteiger partial charge in [-0.2, -0.15) is 4.31 Å². The summed E-state index contributed by atoms with van der Waals surface area (Å²) in [6.45, 7) is 0.427. The van der Waals surface area contributed by atoms with Crippen molar-refractivity contribution < 1.29 is 17.6 Å². The van der Waals surface area contributed by atoms with Gasteiger partial charge in [0.15, 0.2) is 5.13 Å². The second-order valence-corrected chi connectivity index (χ2v) is 10.2. The van der Waals surface area contributed by atoms with Crippen LogP contribution < -0.4 is 4.90 Å². The molecule has 3 aromatic rings. The van der Waals surface area contributed by atoms with E-state index in [0.717, 1.165) is 12.7 Å². The molecular formula is C20H21FN4O3S2. The van der Waals surface area contributed by atoms with Gasteiger partial charge in [-0.15, -0.1) is 0 Å². The third-order valence-corrected chi connectivity index (χ3v) is 7.40. The van der Waals surface area contributed by atoms with Gasteiger partial charge in [0.1, 0.15) is 17.4 Å². The first-order valence-corrected chi connectivity index (χ1v) is 12.2. The van der Waals surface area contributed by atoms with Crippen molar-refractivity contribution in [3.63, 3.8) is 0 Å². The molecule has 0 saturated carbocycles. The Morgan fingerprint density at radius 2 is 2.10 bits per heavy atom. The summed E-state index contributed by atoms with van der Waals surface area (Å²) in [5.74, 6) is -0.832. The number of para-hydroxylation sites is 1. The highest BCUT2D eigenvalue weighted by Gasteiger charge is 2.38. The topological polar surface area (TPSA) is 83.5 Å². The molecule has 0 N–H and O–H groups in total. The number of anilines is 1. The fourth-order valence-corrected chi connectivity index (χ4v) is 5.74. The maximum atomic E-state index is 14.2. The number of rotatable bonds is 5. The molecular weight excluding hydrogens is 427 g/mol. The van der Waals surface area contributed by atoms with E-state index in [9.17, 15) is 17.6 Å². The number of sulfonamides is 1. The first kappa shape index (κ1) is 20.8. The summed E-state index contributed by atoms with van der Waals surface area (Å²) in [5.41, 5.74) is 0.826. The number of benzene rings is 1. The quantitative estimate of drug-likeness (QED) is 0.599. The summed E-state index contributed by atoms with van der Waals surface area (Å²) in [4.78, 5) is 23.7. The predicted octanol–water partition coefficient (Wildman–Crippen LogP) is 3.18. The number of fused-ring (bicyclic) bond motifs is 1. The molecule has 1 fully saturated rings. The predicted molar refractivity (Wildman–Crippen MR) is 114 cm³/mol. The molecule has 7 nitrogen and oxygen atoms in total. The van der Waals surface area contributed by atoms with Crippen LogP contribution >= 0.6 is 11.3 Å². The lowest BCUT2D eigenvalue weighted by atomic mass is 10.0. The van der Waals surface area contributed by atoms with Gasteiger partial charge >= 0.3 is 0 Å². The number of aromatic nitrogens is 2. The second kappa shape index (κ2) is 8.37. The van der Waals surface area contributed by atoms with Crippen LogP contribution in [-0.2, 0) is 21.4 Å². The average molecular weight is 449 g/mol. The Bertz CT molecular complexity index is 1170. The maximum absolute atomic E-state index is 14.2. The van der Waals surface area contributed by atoms with Crippen LogP contribution in [0, 0.1) is 5.82 Å². The molecule has 0 unspecified atom stereocenters. The Hall–Kier alpha value is -2.43. The number of piperidine rings is 1. The Kier molecular flexibility index (Phi) is 5.81.